The van der Waals surface area contributed by atoms with Crippen molar-refractivity contribution in [3.05, 3.63) is 62.5 Å². The molecule has 0 aliphatic carbocycles. The lowest BCUT2D eigenvalue weighted by atomic mass is 10.1. The third kappa shape index (κ3) is 3.48. The maximum absolute atomic E-state index is 12.6. The molecule has 1 amide bonds. The molecule has 1 aromatic carbocycles. The zero-order valence-corrected chi connectivity index (χ0v) is 18.3. The van der Waals surface area contributed by atoms with E-state index in [-0.39, 0.29) is 17.1 Å². The van der Waals surface area contributed by atoms with Gasteiger partial charge in [-0.15, -0.1) is 0 Å². The molecule has 0 bridgehead atoms. The number of carbonyl (C=O) groups is 1. The zero-order chi connectivity index (χ0) is 22.4. The summed E-state index contributed by atoms with van der Waals surface area (Å²) in [7, 11) is 0. The summed E-state index contributed by atoms with van der Waals surface area (Å²) in [5.41, 5.74) is 4.15. The van der Waals surface area contributed by atoms with Crippen molar-refractivity contribution in [3.63, 3.8) is 0 Å². The Hall–Kier alpha value is -3.53. The van der Waals surface area contributed by atoms with Gasteiger partial charge in [-0.25, -0.2) is 0 Å². The van der Waals surface area contributed by atoms with Gasteiger partial charge in [0.15, 0.2) is 5.84 Å². The van der Waals surface area contributed by atoms with Gasteiger partial charge in [-0.3, -0.25) is 20.3 Å². The molecule has 10 heteroatoms. The van der Waals surface area contributed by atoms with E-state index in [0.29, 0.717) is 17.3 Å². The monoisotopic (exact) mass is 436 g/mol. The number of benzene rings is 1. The average molecular weight is 436 g/mol. The van der Waals surface area contributed by atoms with E-state index in [0.717, 1.165) is 27.6 Å². The minimum absolute atomic E-state index is 0.00947. The molecule has 1 aromatic heterocycles. The van der Waals surface area contributed by atoms with E-state index in [1.165, 1.54) is 22.8 Å². The maximum atomic E-state index is 12.6. The van der Waals surface area contributed by atoms with Crippen LogP contribution < -0.4 is 0 Å². The summed E-state index contributed by atoms with van der Waals surface area (Å²) in [5.74, 6) is -0.491. The highest BCUT2D eigenvalue weighted by Gasteiger charge is 2.35. The Balaban J connectivity index is 1.79. The van der Waals surface area contributed by atoms with Crippen LogP contribution in [0.5, 0.6) is 0 Å². The normalized spacial score (nSPS) is 17.2. The number of amidine groups is 2. The quantitative estimate of drug-likeness (QED) is 0.435. The second kappa shape index (κ2) is 7.62. The lowest BCUT2D eigenvalue weighted by Crippen LogP contribution is -2.35. The lowest BCUT2D eigenvalue weighted by Gasteiger charge is -2.20. The van der Waals surface area contributed by atoms with Gasteiger partial charge in [0.2, 0.25) is 5.17 Å². The number of nitrogens with zero attached hydrogens (tertiary/aromatic N) is 5. The Morgan fingerprint density at radius 1 is 1.26 bits per heavy atom. The summed E-state index contributed by atoms with van der Waals surface area (Å²) < 4.78 is 1.92. The number of hydrazone groups is 1. The molecule has 2 aliphatic heterocycles. The molecule has 0 saturated heterocycles. The van der Waals surface area contributed by atoms with Crippen LogP contribution in [0.2, 0.25) is 0 Å². The highest BCUT2D eigenvalue weighted by atomic mass is 32.2. The van der Waals surface area contributed by atoms with Gasteiger partial charge in [-0.05, 0) is 62.2 Å². The van der Waals surface area contributed by atoms with Gasteiger partial charge >= 0.3 is 0 Å². The topological polar surface area (TPSA) is 117 Å². The fraction of sp³-hybridized carbons (Fsp3) is 0.238. The smallest absolute Gasteiger partial charge is 0.283 e. The molecule has 9 nitrogen and oxygen atoms in total. The first-order valence-electron chi connectivity index (χ1n) is 9.64. The number of carbonyl (C=O) groups excluding carboxylic acids is 1. The number of rotatable bonds is 4. The van der Waals surface area contributed by atoms with Crippen LogP contribution >= 0.6 is 11.8 Å². The van der Waals surface area contributed by atoms with Gasteiger partial charge in [0.1, 0.15) is 5.04 Å². The van der Waals surface area contributed by atoms with E-state index in [1.54, 1.807) is 18.2 Å². The van der Waals surface area contributed by atoms with Crippen LogP contribution in [0, 0.1) is 36.3 Å². The summed E-state index contributed by atoms with van der Waals surface area (Å²) in [6, 6.07) is 6.63. The molecule has 0 fully saturated rings. The van der Waals surface area contributed by atoms with Crippen molar-refractivity contribution in [2.24, 2.45) is 10.1 Å². The molecule has 4 rings (SSSR count). The zero-order valence-electron chi connectivity index (χ0n) is 17.5. The number of aliphatic imine (C=N–C) groups is 1. The van der Waals surface area contributed by atoms with Gasteiger partial charge in [0.25, 0.3) is 11.6 Å². The molecular formula is C21H20N6O3S. The standard InChI is InChI=1S/C21H20N6O3S/c1-5-18-24-26-19(22)16(20(28)23-21(26)31-18)9-14-8-12(3)25(13(14)4)17-10-15(27(29)30)7-6-11(17)2/h6-10,22H,5H2,1-4H3/b16-9-,22-19?. The van der Waals surface area contributed by atoms with Gasteiger partial charge in [0.05, 0.1) is 16.2 Å². The highest BCUT2D eigenvalue weighted by Crippen LogP contribution is 2.31. The molecule has 0 spiro atoms. The number of non-ortho nitro benzene ring substituents is 1. The molecule has 2 aromatic rings. The largest absolute Gasteiger partial charge is 0.317 e. The molecule has 0 unspecified atom stereocenters. The molecule has 0 radical (unpaired) electrons. The van der Waals surface area contributed by atoms with E-state index < -0.39 is 10.8 Å². The van der Waals surface area contributed by atoms with Gasteiger partial charge < -0.3 is 4.57 Å². The molecule has 3 heterocycles. The Bertz CT molecular complexity index is 1250. The molecule has 158 valence electrons. The van der Waals surface area contributed by atoms with Crippen LogP contribution in [-0.2, 0) is 4.79 Å². The third-order valence-electron chi connectivity index (χ3n) is 5.21. The number of nitro benzene ring substituents is 1. The van der Waals surface area contributed by atoms with Gasteiger partial charge in [-0.2, -0.15) is 15.1 Å². The Kier molecular flexibility index (Phi) is 5.10. The van der Waals surface area contributed by atoms with E-state index in [2.05, 4.69) is 10.1 Å². The average Bonchev–Trinajstić information content (AvgIpc) is 3.26. The molecule has 31 heavy (non-hydrogen) atoms. The van der Waals surface area contributed by atoms with Crippen molar-refractivity contribution in [2.45, 2.75) is 34.1 Å². The van der Waals surface area contributed by atoms with Crippen LogP contribution in [0.3, 0.4) is 0 Å². The second-order valence-corrected chi connectivity index (χ2v) is 8.30. The number of aromatic nitrogens is 1. The van der Waals surface area contributed by atoms with Crippen LogP contribution in [-0.4, -0.2) is 36.5 Å². The minimum Gasteiger partial charge on any atom is -0.317 e. The number of nitrogens with one attached hydrogen (secondary N) is 1. The fourth-order valence-corrected chi connectivity index (χ4v) is 4.41. The van der Waals surface area contributed by atoms with Crippen molar-refractivity contribution >= 4 is 45.5 Å². The first-order valence-corrected chi connectivity index (χ1v) is 10.5. The van der Waals surface area contributed by atoms with E-state index in [4.69, 9.17) is 5.41 Å². The first-order chi connectivity index (χ1) is 14.7. The predicted molar refractivity (Wildman–Crippen MR) is 122 cm³/mol. The maximum Gasteiger partial charge on any atom is 0.283 e. The van der Waals surface area contributed by atoms with Crippen LogP contribution in [0.1, 0.15) is 35.9 Å². The number of hydrogen-bond acceptors (Lipinski definition) is 6. The van der Waals surface area contributed by atoms with Crippen LogP contribution in [0.25, 0.3) is 11.8 Å². The molecule has 0 atom stereocenters. The molecule has 0 saturated carbocycles. The lowest BCUT2D eigenvalue weighted by molar-refractivity contribution is -0.384. The SMILES string of the molecule is CCC1=NN2C(=N)/C(=C/c3cc(C)n(-c4cc([N+](=O)[O-])ccc4C)c3C)C(=O)N=C2S1. The van der Waals surface area contributed by atoms with Crippen molar-refractivity contribution in [1.82, 2.24) is 9.58 Å². The Morgan fingerprint density at radius 3 is 2.68 bits per heavy atom. The molecular weight excluding hydrogens is 416 g/mol. The van der Waals surface area contributed by atoms with E-state index >= 15 is 0 Å². The summed E-state index contributed by atoms with van der Waals surface area (Å²) >= 11 is 1.30. The van der Waals surface area contributed by atoms with Gasteiger partial charge in [0, 0.05) is 23.5 Å². The minimum atomic E-state index is -0.479. The third-order valence-corrected chi connectivity index (χ3v) is 6.27. The second-order valence-electron chi connectivity index (χ2n) is 7.26. The van der Waals surface area contributed by atoms with Crippen molar-refractivity contribution < 1.29 is 9.72 Å². The fourth-order valence-electron chi connectivity index (χ4n) is 3.59. The first kappa shape index (κ1) is 20.7. The Morgan fingerprint density at radius 2 is 2.00 bits per heavy atom. The predicted octanol–water partition coefficient (Wildman–Crippen LogP) is 4.34. The molecule has 1 N–H and O–H groups in total. The number of hydrogen-bond donors (Lipinski definition) is 1. The van der Waals surface area contributed by atoms with Crippen molar-refractivity contribution in [3.8, 4) is 5.69 Å². The summed E-state index contributed by atoms with van der Waals surface area (Å²) in [4.78, 5) is 27.5. The van der Waals surface area contributed by atoms with Gasteiger partial charge in [-0.1, -0.05) is 13.0 Å². The number of fused-ring (bicyclic) bond motifs is 1. The Labute approximate surface area is 182 Å². The van der Waals surface area contributed by atoms with E-state index in [1.807, 2.05) is 38.3 Å². The number of amides is 1. The number of thioether (sulfide) groups is 1. The number of nitro groups is 1. The summed E-state index contributed by atoms with van der Waals surface area (Å²) in [6.07, 6.45) is 2.34. The summed E-state index contributed by atoms with van der Waals surface area (Å²) in [6.45, 7) is 7.62. The van der Waals surface area contributed by atoms with E-state index in [9.17, 15) is 14.9 Å². The van der Waals surface area contributed by atoms with Crippen LogP contribution in [0.15, 0.2) is 39.9 Å². The van der Waals surface area contributed by atoms with Crippen LogP contribution in [0.4, 0.5) is 5.69 Å². The van der Waals surface area contributed by atoms with Crippen molar-refractivity contribution in [1.29, 1.82) is 5.41 Å². The molecule has 2 aliphatic rings. The summed E-state index contributed by atoms with van der Waals surface area (Å²) in [5, 5.41) is 26.7. The highest BCUT2D eigenvalue weighted by molar-refractivity contribution is 8.26. The number of aryl methyl sites for hydroxylation is 2. The van der Waals surface area contributed by atoms with Crippen molar-refractivity contribution in [2.75, 3.05) is 0 Å².